The molecule has 2 heterocycles. The van der Waals surface area contributed by atoms with Crippen molar-refractivity contribution in [1.82, 2.24) is 5.32 Å². The van der Waals surface area contributed by atoms with Crippen LogP contribution in [0.15, 0.2) is 4.99 Å². The minimum absolute atomic E-state index is 0.376. The van der Waals surface area contributed by atoms with Crippen molar-refractivity contribution >= 4 is 16.9 Å². The molecule has 6 atom stereocenters. The van der Waals surface area contributed by atoms with Gasteiger partial charge in [-0.15, -0.1) is 0 Å². The van der Waals surface area contributed by atoms with Crippen molar-refractivity contribution in [2.75, 3.05) is 7.05 Å². The van der Waals surface area contributed by atoms with Crippen LogP contribution in [0.2, 0.25) is 0 Å². The average Bonchev–Trinajstić information content (AvgIpc) is 2.74. The molecule has 1 saturated heterocycles. The summed E-state index contributed by atoms with van der Waals surface area (Å²) in [6.45, 7) is 0. The highest BCUT2D eigenvalue weighted by molar-refractivity contribution is 8.14. The van der Waals surface area contributed by atoms with E-state index < -0.39 is 48.6 Å². The predicted molar refractivity (Wildman–Crippen MR) is 64.1 cm³/mol. The van der Waals surface area contributed by atoms with Gasteiger partial charge in [0, 0.05) is 7.05 Å². The van der Waals surface area contributed by atoms with Crippen LogP contribution in [-0.2, 0) is 4.74 Å². The summed E-state index contributed by atoms with van der Waals surface area (Å²) in [5.41, 5.74) is -0.858. The lowest BCUT2D eigenvalue weighted by molar-refractivity contribution is -0.206. The molecule has 0 unspecified atom stereocenters. The molecule has 2 aliphatic rings. The molecule has 2 rings (SSSR count). The summed E-state index contributed by atoms with van der Waals surface area (Å²) in [6, 6.07) is -0.994. The minimum Gasteiger partial charge on any atom is -0.390 e. The maximum absolute atomic E-state index is 14.0. The number of nitrogens with zero attached hydrogens (tertiary/aromatic N) is 1. The van der Waals surface area contributed by atoms with Crippen LogP contribution in [0.5, 0.6) is 0 Å². The fraction of sp³-hybridized carbons (Fsp3) is 0.900. The molecule has 2 aliphatic heterocycles. The van der Waals surface area contributed by atoms with Crippen LogP contribution in [0.4, 0.5) is 17.6 Å². The molecule has 0 spiro atoms. The number of aliphatic imine (C=N–C) groups is 1. The van der Waals surface area contributed by atoms with E-state index >= 15 is 0 Å². The molecule has 0 radical (unpaired) electrons. The first-order chi connectivity index (χ1) is 9.23. The number of alkyl halides is 4. The SMILES string of the molecule is CNC1=N[C@@H]2[C@H](F)[C@H](O)[C@@H]([C@@H](O)CC(F)(F)F)O[C@@H]2S1. The Balaban J connectivity index is 2.08. The molecule has 0 bridgehead atoms. The molecule has 0 amide bonds. The molecule has 10 heteroatoms. The van der Waals surface area contributed by atoms with E-state index in [0.29, 0.717) is 5.17 Å². The van der Waals surface area contributed by atoms with Gasteiger partial charge in [-0.2, -0.15) is 13.2 Å². The quantitative estimate of drug-likeness (QED) is 0.643. The number of ether oxygens (including phenoxy) is 1. The Morgan fingerprint density at radius 3 is 2.70 bits per heavy atom. The Labute approximate surface area is 116 Å². The number of hydrogen-bond donors (Lipinski definition) is 3. The molecule has 116 valence electrons. The highest BCUT2D eigenvalue weighted by Gasteiger charge is 2.52. The third kappa shape index (κ3) is 3.18. The topological polar surface area (TPSA) is 74.1 Å². The summed E-state index contributed by atoms with van der Waals surface area (Å²) in [5.74, 6) is 0. The summed E-state index contributed by atoms with van der Waals surface area (Å²) >= 11 is 1.01. The van der Waals surface area contributed by atoms with Gasteiger partial charge in [-0.05, 0) is 0 Å². The number of halogens is 4. The maximum Gasteiger partial charge on any atom is 0.391 e. The first-order valence-electron chi connectivity index (χ1n) is 5.87. The second-order valence-corrected chi connectivity index (χ2v) is 5.67. The van der Waals surface area contributed by atoms with Crippen LogP contribution >= 0.6 is 11.8 Å². The lowest BCUT2D eigenvalue weighted by Crippen LogP contribution is -2.57. The van der Waals surface area contributed by atoms with E-state index in [1.54, 1.807) is 7.05 Å². The second kappa shape index (κ2) is 5.66. The Kier molecular flexibility index (Phi) is 4.47. The summed E-state index contributed by atoms with van der Waals surface area (Å²) in [5, 5.41) is 22.2. The molecule has 0 aromatic heterocycles. The number of thioether (sulfide) groups is 1. The Hall–Kier alpha value is -0.580. The smallest absolute Gasteiger partial charge is 0.390 e. The Bertz CT molecular complexity index is 395. The van der Waals surface area contributed by atoms with Crippen LogP contribution in [-0.4, -0.2) is 64.6 Å². The molecular formula is C10H14F4N2O3S. The van der Waals surface area contributed by atoms with Gasteiger partial charge in [0.25, 0.3) is 0 Å². The summed E-state index contributed by atoms with van der Waals surface area (Å²) in [6.07, 6.45) is -13.6. The molecular weight excluding hydrogens is 304 g/mol. The molecule has 0 saturated carbocycles. The average molecular weight is 318 g/mol. The Morgan fingerprint density at radius 2 is 2.15 bits per heavy atom. The molecule has 1 fully saturated rings. The van der Waals surface area contributed by atoms with Gasteiger partial charge >= 0.3 is 6.18 Å². The lowest BCUT2D eigenvalue weighted by atomic mass is 9.94. The third-order valence-electron chi connectivity index (χ3n) is 3.09. The fourth-order valence-corrected chi connectivity index (χ4v) is 3.20. The van der Waals surface area contributed by atoms with Crippen LogP contribution in [0.3, 0.4) is 0 Å². The van der Waals surface area contributed by atoms with Gasteiger partial charge in [0.2, 0.25) is 0 Å². The van der Waals surface area contributed by atoms with E-state index in [-0.39, 0.29) is 0 Å². The normalized spacial score (nSPS) is 39.1. The molecule has 5 nitrogen and oxygen atoms in total. The standard InChI is InChI=1S/C10H14F4N2O3S/c1-15-9-16-5-4(11)6(18)7(19-8(5)20-9)3(17)2-10(12,13)14/h3-8,17-18H,2H2,1H3,(H,15,16)/t3-,4-,5+,6-,7+,8+/m0/s1. The van der Waals surface area contributed by atoms with E-state index in [2.05, 4.69) is 10.3 Å². The van der Waals surface area contributed by atoms with E-state index in [1.165, 1.54) is 0 Å². The lowest BCUT2D eigenvalue weighted by Gasteiger charge is -2.39. The van der Waals surface area contributed by atoms with E-state index in [4.69, 9.17) is 4.74 Å². The summed E-state index contributed by atoms with van der Waals surface area (Å²) in [7, 11) is 1.56. The maximum atomic E-state index is 14.0. The first kappa shape index (κ1) is 15.8. The molecule has 3 N–H and O–H groups in total. The second-order valence-electron chi connectivity index (χ2n) is 4.58. The highest BCUT2D eigenvalue weighted by atomic mass is 32.2. The van der Waals surface area contributed by atoms with Crippen molar-refractivity contribution in [3.8, 4) is 0 Å². The van der Waals surface area contributed by atoms with Crippen LogP contribution in [0, 0.1) is 0 Å². The number of fused-ring (bicyclic) bond motifs is 1. The largest absolute Gasteiger partial charge is 0.391 e. The molecule has 0 aromatic carbocycles. The van der Waals surface area contributed by atoms with Crippen molar-refractivity contribution in [2.45, 2.75) is 48.6 Å². The molecule has 0 aliphatic carbocycles. The van der Waals surface area contributed by atoms with Crippen LogP contribution < -0.4 is 5.32 Å². The van der Waals surface area contributed by atoms with Gasteiger partial charge < -0.3 is 20.3 Å². The molecule has 20 heavy (non-hydrogen) atoms. The van der Waals surface area contributed by atoms with Gasteiger partial charge in [0.05, 0.1) is 12.5 Å². The number of hydrogen-bond acceptors (Lipinski definition) is 6. The zero-order valence-electron chi connectivity index (χ0n) is 10.3. The Morgan fingerprint density at radius 1 is 1.50 bits per heavy atom. The van der Waals surface area contributed by atoms with E-state index in [0.717, 1.165) is 11.8 Å². The van der Waals surface area contributed by atoms with Crippen LogP contribution in [0.25, 0.3) is 0 Å². The van der Waals surface area contributed by atoms with Crippen molar-refractivity contribution in [1.29, 1.82) is 0 Å². The fourth-order valence-electron chi connectivity index (χ4n) is 2.15. The van der Waals surface area contributed by atoms with E-state index in [1.807, 2.05) is 0 Å². The van der Waals surface area contributed by atoms with Crippen molar-refractivity contribution in [2.24, 2.45) is 4.99 Å². The molecule has 0 aromatic rings. The number of aliphatic hydroxyl groups excluding tert-OH is 2. The number of rotatable bonds is 2. The van der Waals surface area contributed by atoms with Gasteiger partial charge in [0.15, 0.2) is 11.3 Å². The summed E-state index contributed by atoms with van der Waals surface area (Å²) in [4.78, 5) is 3.93. The van der Waals surface area contributed by atoms with Gasteiger partial charge in [-0.1, -0.05) is 11.8 Å². The zero-order chi connectivity index (χ0) is 15.1. The minimum atomic E-state index is -4.62. The van der Waals surface area contributed by atoms with Crippen molar-refractivity contribution < 1.29 is 32.5 Å². The highest BCUT2D eigenvalue weighted by Crippen LogP contribution is 2.39. The van der Waals surface area contributed by atoms with Crippen molar-refractivity contribution in [3.05, 3.63) is 0 Å². The monoisotopic (exact) mass is 318 g/mol. The number of nitrogens with one attached hydrogen (secondary N) is 1. The predicted octanol–water partition coefficient (Wildman–Crippen LogP) is 0.414. The van der Waals surface area contributed by atoms with Crippen LogP contribution in [0.1, 0.15) is 6.42 Å². The van der Waals surface area contributed by atoms with Gasteiger partial charge in [0.1, 0.15) is 23.7 Å². The first-order valence-corrected chi connectivity index (χ1v) is 6.75. The third-order valence-corrected chi connectivity index (χ3v) is 4.24. The zero-order valence-corrected chi connectivity index (χ0v) is 11.2. The number of amidine groups is 1. The van der Waals surface area contributed by atoms with E-state index in [9.17, 15) is 27.8 Å². The van der Waals surface area contributed by atoms with Gasteiger partial charge in [-0.3, -0.25) is 4.99 Å². The summed E-state index contributed by atoms with van der Waals surface area (Å²) < 4.78 is 55.9. The van der Waals surface area contributed by atoms with Crippen molar-refractivity contribution in [3.63, 3.8) is 0 Å². The number of aliphatic hydroxyl groups is 2. The van der Waals surface area contributed by atoms with Gasteiger partial charge in [-0.25, -0.2) is 4.39 Å².